The fourth-order valence-electron chi connectivity index (χ4n) is 6.16. The Labute approximate surface area is 300 Å². The number of carbonyl (C=O) groups excluding carboxylic acids is 4. The van der Waals surface area contributed by atoms with Crippen molar-refractivity contribution in [3.8, 4) is 0 Å². The standard InChI is InChI=1S/C44H56O6/c1-29(19-15-21-31(3)23-25-37-33(5)41(47)39(49-35(7)45)27-43(37,9)10)17-13-14-18-30(2)20-16-22-32(4)24-26-38-34(6)42(48)40(50-36(8)46)28-44(38,11)12/h13-26,39-40H,27-28H2,1-12H3/b14-13-,19-15+,20-16+,25-23+,26-24+,29-17+,30-18+,31-21-,32-22+. The van der Waals surface area contributed by atoms with Gasteiger partial charge in [-0.15, -0.1) is 0 Å². The predicted octanol–water partition coefficient (Wildman–Crippen LogP) is 10.0. The fourth-order valence-corrected chi connectivity index (χ4v) is 6.16. The summed E-state index contributed by atoms with van der Waals surface area (Å²) in [5, 5.41) is 0. The van der Waals surface area contributed by atoms with Gasteiger partial charge in [0, 0.05) is 26.7 Å². The second kappa shape index (κ2) is 18.4. The minimum Gasteiger partial charge on any atom is -0.454 e. The molecule has 0 saturated carbocycles. The number of allylic oxidation sites excluding steroid dienone is 20. The highest BCUT2D eigenvalue weighted by atomic mass is 16.5. The number of Topliss-reactive ketones (excluding diaryl/α,β-unsaturated/α-hetero) is 2. The lowest BCUT2D eigenvalue weighted by molar-refractivity contribution is -0.154. The van der Waals surface area contributed by atoms with Crippen LogP contribution in [0.25, 0.3) is 0 Å². The van der Waals surface area contributed by atoms with Gasteiger partial charge < -0.3 is 9.47 Å². The molecule has 0 radical (unpaired) electrons. The van der Waals surface area contributed by atoms with E-state index in [2.05, 4.69) is 27.7 Å². The lowest BCUT2D eigenvalue weighted by Gasteiger charge is -2.36. The van der Waals surface area contributed by atoms with Crippen LogP contribution in [-0.4, -0.2) is 35.7 Å². The van der Waals surface area contributed by atoms with Crippen molar-refractivity contribution >= 4 is 23.5 Å². The van der Waals surface area contributed by atoms with Crippen LogP contribution >= 0.6 is 0 Å². The van der Waals surface area contributed by atoms with Gasteiger partial charge in [-0.3, -0.25) is 19.2 Å². The Morgan fingerprint density at radius 3 is 1.16 bits per heavy atom. The zero-order valence-corrected chi connectivity index (χ0v) is 32.1. The molecule has 0 aromatic carbocycles. The first-order valence-electron chi connectivity index (χ1n) is 17.2. The average molecular weight is 681 g/mol. The topological polar surface area (TPSA) is 86.7 Å². The number of ketones is 2. The minimum atomic E-state index is -0.719. The third-order valence-corrected chi connectivity index (χ3v) is 8.89. The second-order valence-electron chi connectivity index (χ2n) is 14.6. The van der Waals surface area contributed by atoms with Crippen molar-refractivity contribution in [2.24, 2.45) is 10.8 Å². The van der Waals surface area contributed by atoms with Crippen LogP contribution in [0.5, 0.6) is 0 Å². The second-order valence-corrected chi connectivity index (χ2v) is 14.6. The number of esters is 2. The predicted molar refractivity (Wildman–Crippen MR) is 204 cm³/mol. The minimum absolute atomic E-state index is 0.127. The van der Waals surface area contributed by atoms with Crippen molar-refractivity contribution in [1.82, 2.24) is 0 Å². The van der Waals surface area contributed by atoms with Gasteiger partial charge in [0.25, 0.3) is 0 Å². The van der Waals surface area contributed by atoms with Gasteiger partial charge in [0.15, 0.2) is 23.8 Å². The molecule has 2 unspecified atom stereocenters. The van der Waals surface area contributed by atoms with Crippen molar-refractivity contribution in [3.05, 3.63) is 130 Å². The van der Waals surface area contributed by atoms with Gasteiger partial charge >= 0.3 is 11.9 Å². The molecule has 50 heavy (non-hydrogen) atoms. The summed E-state index contributed by atoms with van der Waals surface area (Å²) in [6.07, 6.45) is 27.8. The van der Waals surface area contributed by atoms with Crippen molar-refractivity contribution < 1.29 is 28.7 Å². The van der Waals surface area contributed by atoms with Gasteiger partial charge in [0.05, 0.1) is 0 Å². The van der Waals surface area contributed by atoms with Crippen molar-refractivity contribution in [2.75, 3.05) is 0 Å². The molecule has 268 valence electrons. The highest BCUT2D eigenvalue weighted by Crippen LogP contribution is 2.42. The summed E-state index contributed by atoms with van der Waals surface area (Å²) in [6, 6.07) is 0. The first-order chi connectivity index (χ1) is 23.2. The van der Waals surface area contributed by atoms with Crippen LogP contribution in [0.1, 0.15) is 95.9 Å². The summed E-state index contributed by atoms with van der Waals surface area (Å²) in [7, 11) is 0. The highest BCUT2D eigenvalue weighted by molar-refractivity contribution is 6.02. The van der Waals surface area contributed by atoms with Crippen LogP contribution in [0.4, 0.5) is 0 Å². The molecule has 0 fully saturated rings. The summed E-state index contributed by atoms with van der Waals surface area (Å²) >= 11 is 0. The van der Waals surface area contributed by atoms with Gasteiger partial charge in [0.1, 0.15) is 0 Å². The first kappa shape index (κ1) is 41.6. The van der Waals surface area contributed by atoms with Gasteiger partial charge in [-0.2, -0.15) is 0 Å². The quantitative estimate of drug-likeness (QED) is 0.151. The third-order valence-electron chi connectivity index (χ3n) is 8.89. The summed E-state index contributed by atoms with van der Waals surface area (Å²) in [6.45, 7) is 22.7. The molecular weight excluding hydrogens is 624 g/mol. The molecule has 0 amide bonds. The molecule has 0 aliphatic heterocycles. The lowest BCUT2D eigenvalue weighted by atomic mass is 9.71. The van der Waals surface area contributed by atoms with Gasteiger partial charge in [0.2, 0.25) is 0 Å². The lowest BCUT2D eigenvalue weighted by Crippen LogP contribution is -2.38. The molecule has 0 spiro atoms. The van der Waals surface area contributed by atoms with Gasteiger partial charge in [-0.1, -0.05) is 135 Å². The Morgan fingerprint density at radius 2 is 0.840 bits per heavy atom. The molecule has 0 bridgehead atoms. The molecule has 0 N–H and O–H groups in total. The monoisotopic (exact) mass is 680 g/mol. The maximum absolute atomic E-state index is 12.8. The summed E-state index contributed by atoms with van der Waals surface area (Å²) < 4.78 is 10.5. The number of hydrogen-bond donors (Lipinski definition) is 0. The van der Waals surface area contributed by atoms with Gasteiger partial charge in [-0.05, 0) is 74.7 Å². The van der Waals surface area contributed by atoms with E-state index in [9.17, 15) is 19.2 Å². The highest BCUT2D eigenvalue weighted by Gasteiger charge is 2.40. The van der Waals surface area contributed by atoms with Crippen LogP contribution < -0.4 is 0 Å². The molecule has 2 aliphatic rings. The number of carbonyl (C=O) groups is 4. The van der Waals surface area contributed by atoms with Crippen molar-refractivity contribution in [1.29, 1.82) is 0 Å². The van der Waals surface area contributed by atoms with E-state index < -0.39 is 24.1 Å². The van der Waals surface area contributed by atoms with Crippen LogP contribution in [-0.2, 0) is 28.7 Å². The average Bonchev–Trinajstić information content (AvgIpc) is 2.99. The maximum atomic E-state index is 12.8. The van der Waals surface area contributed by atoms with E-state index in [-0.39, 0.29) is 22.4 Å². The van der Waals surface area contributed by atoms with E-state index >= 15 is 0 Å². The number of hydrogen-bond acceptors (Lipinski definition) is 6. The molecule has 0 heterocycles. The molecule has 2 rings (SSSR count). The Hall–Kier alpha value is -4.58. The molecule has 2 aliphatic carbocycles. The number of ether oxygens (including phenoxy) is 2. The Kier molecular flexibility index (Phi) is 15.3. The van der Waals surface area contributed by atoms with Crippen LogP contribution in [0.2, 0.25) is 0 Å². The fraction of sp³-hybridized carbons (Fsp3) is 0.409. The van der Waals surface area contributed by atoms with E-state index in [0.717, 1.165) is 33.4 Å². The van der Waals surface area contributed by atoms with Crippen molar-refractivity contribution in [2.45, 2.75) is 108 Å². The molecule has 6 heteroatoms. The van der Waals surface area contributed by atoms with E-state index in [1.54, 1.807) is 13.8 Å². The van der Waals surface area contributed by atoms with E-state index in [4.69, 9.17) is 9.47 Å². The zero-order chi connectivity index (χ0) is 37.8. The Balaban J connectivity index is 1.98. The molecule has 0 aromatic rings. The first-order valence-corrected chi connectivity index (χ1v) is 17.2. The SMILES string of the molecule is CC(=O)OC1CC(C)(C)C(/C=C/C(C)=C\C=C\C(C)=C\C=C/C=C(C)/C=C/C=C(C)/C=C/C2=C(C)C(=O)C(OC(C)=O)CC2(C)C)=C(C)C1=O. The van der Waals surface area contributed by atoms with Crippen LogP contribution in [0.15, 0.2) is 130 Å². The molecule has 6 nitrogen and oxygen atoms in total. The van der Waals surface area contributed by atoms with Crippen LogP contribution in [0.3, 0.4) is 0 Å². The molecule has 0 saturated heterocycles. The van der Waals surface area contributed by atoms with E-state index in [1.165, 1.54) is 13.8 Å². The normalized spacial score (nSPS) is 22.7. The Bertz CT molecular complexity index is 1560. The third kappa shape index (κ3) is 12.7. The zero-order valence-electron chi connectivity index (χ0n) is 32.1. The van der Waals surface area contributed by atoms with E-state index in [1.807, 2.05) is 113 Å². The number of rotatable bonds is 12. The van der Waals surface area contributed by atoms with E-state index in [0.29, 0.717) is 24.0 Å². The molecule has 2 atom stereocenters. The maximum Gasteiger partial charge on any atom is 0.303 e. The molecule has 0 aromatic heterocycles. The smallest absolute Gasteiger partial charge is 0.303 e. The summed E-state index contributed by atoms with van der Waals surface area (Å²) in [5.41, 5.74) is 6.94. The largest absolute Gasteiger partial charge is 0.454 e. The van der Waals surface area contributed by atoms with Crippen molar-refractivity contribution in [3.63, 3.8) is 0 Å². The summed E-state index contributed by atoms with van der Waals surface area (Å²) in [5.74, 6) is -1.13. The van der Waals surface area contributed by atoms with Gasteiger partial charge in [-0.25, -0.2) is 0 Å². The van der Waals surface area contributed by atoms with Crippen LogP contribution in [0, 0.1) is 10.8 Å². The summed E-state index contributed by atoms with van der Waals surface area (Å²) in [4.78, 5) is 48.4. The Morgan fingerprint density at radius 1 is 0.540 bits per heavy atom. The molecular formula is C44H56O6.